The zero-order valence-corrected chi connectivity index (χ0v) is 16.4. The van der Waals surface area contributed by atoms with Gasteiger partial charge in [-0.2, -0.15) is 0 Å². The van der Waals surface area contributed by atoms with E-state index < -0.39 is 29.5 Å². The first-order valence-electron chi connectivity index (χ1n) is 9.10. The van der Waals surface area contributed by atoms with E-state index in [2.05, 4.69) is 15.8 Å². The van der Waals surface area contributed by atoms with Crippen molar-refractivity contribution in [3.8, 4) is 0 Å². The molecule has 0 saturated carbocycles. The summed E-state index contributed by atoms with van der Waals surface area (Å²) in [6.07, 6.45) is -1.30. The maximum absolute atomic E-state index is 13.7. The summed E-state index contributed by atoms with van der Waals surface area (Å²) in [5.41, 5.74) is 1.11. The summed E-state index contributed by atoms with van der Waals surface area (Å²) in [7, 11) is 0. The Kier molecular flexibility index (Phi) is 5.81. The molecule has 0 spiro atoms. The lowest BCUT2D eigenvalue weighted by Gasteiger charge is -2.20. The lowest BCUT2D eigenvalue weighted by atomic mass is 10.0. The van der Waals surface area contributed by atoms with Crippen LogP contribution < -0.4 is 10.6 Å². The lowest BCUT2D eigenvalue weighted by Crippen LogP contribution is -2.30. The number of halogens is 1. The van der Waals surface area contributed by atoms with Crippen LogP contribution in [-0.2, 0) is 14.4 Å². The van der Waals surface area contributed by atoms with Crippen molar-refractivity contribution in [3.05, 3.63) is 59.9 Å². The largest absolute Gasteiger partial charge is 0.444 e. The average Bonchev–Trinajstić information content (AvgIpc) is 3.13. The quantitative estimate of drug-likeness (QED) is 0.802. The normalized spacial score (nSPS) is 15.9. The summed E-state index contributed by atoms with van der Waals surface area (Å²) >= 11 is 0. The van der Waals surface area contributed by atoms with Crippen LogP contribution in [0.2, 0.25) is 0 Å². The van der Waals surface area contributed by atoms with E-state index in [1.54, 1.807) is 20.8 Å². The van der Waals surface area contributed by atoms with Crippen molar-refractivity contribution in [3.63, 3.8) is 0 Å². The summed E-state index contributed by atoms with van der Waals surface area (Å²) in [4.78, 5) is 29.9. The molecule has 0 aliphatic carbocycles. The fraction of sp³-hybridized carbons (Fsp3) is 0.286. The highest BCUT2D eigenvalue weighted by Crippen LogP contribution is 2.25. The second kappa shape index (κ2) is 8.30. The fourth-order valence-corrected chi connectivity index (χ4v) is 2.67. The number of nitrogens with one attached hydrogen (secondary N) is 2. The van der Waals surface area contributed by atoms with Crippen LogP contribution in [0.3, 0.4) is 0 Å². The average molecular weight is 399 g/mol. The van der Waals surface area contributed by atoms with Gasteiger partial charge in [0.15, 0.2) is 0 Å². The minimum Gasteiger partial charge on any atom is -0.444 e. The number of hydrogen-bond donors (Lipinski definition) is 2. The summed E-state index contributed by atoms with van der Waals surface area (Å²) in [6.45, 7) is 5.17. The van der Waals surface area contributed by atoms with Crippen LogP contribution >= 0.6 is 0 Å². The molecule has 0 fully saturated rings. The van der Waals surface area contributed by atoms with Gasteiger partial charge in [-0.3, -0.25) is 10.1 Å². The molecular formula is C21H22FN3O4. The van der Waals surface area contributed by atoms with Crippen LogP contribution in [0.25, 0.3) is 0 Å². The second-order valence-corrected chi connectivity index (χ2v) is 7.51. The Morgan fingerprint density at radius 1 is 1.10 bits per heavy atom. The van der Waals surface area contributed by atoms with E-state index in [1.165, 1.54) is 12.1 Å². The molecule has 0 aromatic heterocycles. The lowest BCUT2D eigenvalue weighted by molar-refractivity contribution is -0.125. The van der Waals surface area contributed by atoms with Gasteiger partial charge in [0.1, 0.15) is 11.4 Å². The van der Waals surface area contributed by atoms with Crippen LogP contribution in [0.1, 0.15) is 32.8 Å². The highest BCUT2D eigenvalue weighted by atomic mass is 19.1. The Morgan fingerprint density at radius 2 is 1.83 bits per heavy atom. The molecule has 1 aliphatic heterocycles. The van der Waals surface area contributed by atoms with Crippen molar-refractivity contribution >= 4 is 29.1 Å². The number of carbonyl (C=O) groups is 2. The topological polar surface area (TPSA) is 89.0 Å². The first-order valence-corrected chi connectivity index (χ1v) is 9.10. The van der Waals surface area contributed by atoms with Crippen LogP contribution in [0.4, 0.5) is 20.6 Å². The van der Waals surface area contributed by atoms with Gasteiger partial charge in [-0.05, 0) is 44.5 Å². The van der Waals surface area contributed by atoms with E-state index in [9.17, 15) is 14.0 Å². The van der Waals surface area contributed by atoms with Crippen molar-refractivity contribution in [2.45, 2.75) is 38.9 Å². The third-order valence-electron chi connectivity index (χ3n) is 3.94. The molecule has 2 aromatic carbocycles. The molecular weight excluding hydrogens is 377 g/mol. The summed E-state index contributed by atoms with van der Waals surface area (Å²) in [6, 6.07) is 13.0. The predicted molar refractivity (Wildman–Crippen MR) is 107 cm³/mol. The second-order valence-electron chi connectivity index (χ2n) is 7.51. The Hall–Kier alpha value is -3.42. The van der Waals surface area contributed by atoms with Gasteiger partial charge in [0.2, 0.25) is 6.10 Å². The van der Waals surface area contributed by atoms with Crippen molar-refractivity contribution in [1.82, 2.24) is 0 Å². The highest BCUT2D eigenvalue weighted by Gasteiger charge is 2.29. The first-order chi connectivity index (χ1) is 13.7. The van der Waals surface area contributed by atoms with Crippen LogP contribution in [0, 0.1) is 5.82 Å². The molecule has 29 heavy (non-hydrogen) atoms. The number of ether oxygens (including phenoxy) is 1. The first kappa shape index (κ1) is 20.3. The van der Waals surface area contributed by atoms with E-state index in [-0.39, 0.29) is 17.8 Å². The number of nitrogens with zero attached hydrogens (tertiary/aromatic N) is 1. The van der Waals surface area contributed by atoms with Crippen molar-refractivity contribution in [1.29, 1.82) is 0 Å². The van der Waals surface area contributed by atoms with E-state index >= 15 is 0 Å². The zero-order valence-electron chi connectivity index (χ0n) is 16.4. The summed E-state index contributed by atoms with van der Waals surface area (Å²) in [5, 5.41) is 9.07. The molecule has 2 amide bonds. The molecule has 1 heterocycles. The molecule has 2 aromatic rings. The molecule has 2 N–H and O–H groups in total. The van der Waals surface area contributed by atoms with E-state index in [0.29, 0.717) is 5.71 Å². The smallest absolute Gasteiger partial charge is 0.412 e. The third kappa shape index (κ3) is 5.54. The van der Waals surface area contributed by atoms with Crippen molar-refractivity contribution in [2.75, 3.05) is 10.6 Å². The molecule has 152 valence electrons. The van der Waals surface area contributed by atoms with Gasteiger partial charge in [0.25, 0.3) is 5.91 Å². The molecule has 1 unspecified atom stereocenters. The number of carbonyl (C=O) groups excluding carboxylic acids is 2. The van der Waals surface area contributed by atoms with Crippen LogP contribution in [0.15, 0.2) is 53.7 Å². The summed E-state index contributed by atoms with van der Waals surface area (Å²) < 4.78 is 18.9. The maximum Gasteiger partial charge on any atom is 0.412 e. The standard InChI is InChI=1S/C21H22FN3O4/c1-21(2,3)28-20(27)24-15-10-9-14(22)11-17(15)23-19(26)18-12-16(25-29-18)13-7-5-4-6-8-13/h4-11,18H,12H2,1-3H3,(H,23,26)(H,24,27). The van der Waals surface area contributed by atoms with Gasteiger partial charge in [0, 0.05) is 6.42 Å². The van der Waals surface area contributed by atoms with Gasteiger partial charge >= 0.3 is 6.09 Å². The van der Waals surface area contributed by atoms with Crippen LogP contribution in [0.5, 0.6) is 0 Å². The van der Waals surface area contributed by atoms with Gasteiger partial charge < -0.3 is 14.9 Å². The molecule has 7 nitrogen and oxygen atoms in total. The SMILES string of the molecule is CC(C)(C)OC(=O)Nc1ccc(F)cc1NC(=O)C1CC(c2ccccc2)=NO1. The van der Waals surface area contributed by atoms with Gasteiger partial charge in [-0.15, -0.1) is 0 Å². The molecule has 3 rings (SSSR count). The van der Waals surface area contributed by atoms with E-state index in [1.807, 2.05) is 30.3 Å². The van der Waals surface area contributed by atoms with Crippen LogP contribution in [-0.4, -0.2) is 29.4 Å². The molecule has 0 bridgehead atoms. The molecule has 1 atom stereocenters. The monoisotopic (exact) mass is 399 g/mol. The number of amides is 2. The number of rotatable bonds is 4. The Balaban J connectivity index is 1.67. The van der Waals surface area contributed by atoms with Gasteiger partial charge in [-0.1, -0.05) is 35.5 Å². The summed E-state index contributed by atoms with van der Waals surface area (Å²) in [5.74, 6) is -1.07. The molecule has 0 radical (unpaired) electrons. The fourth-order valence-electron chi connectivity index (χ4n) is 2.67. The third-order valence-corrected chi connectivity index (χ3v) is 3.94. The van der Waals surface area contributed by atoms with Crippen molar-refractivity contribution < 1.29 is 23.6 Å². The predicted octanol–water partition coefficient (Wildman–Crippen LogP) is 4.30. The van der Waals surface area contributed by atoms with E-state index in [0.717, 1.165) is 11.6 Å². The van der Waals surface area contributed by atoms with Crippen molar-refractivity contribution in [2.24, 2.45) is 5.16 Å². The minimum absolute atomic E-state index is 0.0950. The highest BCUT2D eigenvalue weighted by molar-refractivity contribution is 6.07. The Morgan fingerprint density at radius 3 is 2.52 bits per heavy atom. The molecule has 8 heteroatoms. The Bertz CT molecular complexity index is 939. The van der Waals surface area contributed by atoms with E-state index in [4.69, 9.17) is 9.57 Å². The number of anilines is 2. The maximum atomic E-state index is 13.7. The minimum atomic E-state index is -0.858. The number of hydrogen-bond acceptors (Lipinski definition) is 5. The van der Waals surface area contributed by atoms with Gasteiger partial charge in [-0.25, -0.2) is 9.18 Å². The zero-order chi connectivity index (χ0) is 21.0. The molecule has 1 aliphatic rings. The van der Waals surface area contributed by atoms with Gasteiger partial charge in [0.05, 0.1) is 17.1 Å². The number of oxime groups is 1. The number of benzene rings is 2. The molecule has 0 saturated heterocycles. The Labute approximate surface area is 167 Å².